The molecule has 0 aromatic carbocycles. The SMILES string of the molecule is C=CCOC(=O)N(C(C)C)C(CO)C(=O)O. The van der Waals surface area contributed by atoms with Gasteiger partial charge in [0.25, 0.3) is 0 Å². The van der Waals surface area contributed by atoms with Crippen LogP contribution in [0.3, 0.4) is 0 Å². The second-order valence-electron chi connectivity index (χ2n) is 3.40. The molecule has 0 aliphatic heterocycles. The fourth-order valence-corrected chi connectivity index (χ4v) is 1.19. The van der Waals surface area contributed by atoms with Crippen LogP contribution in [0.25, 0.3) is 0 Å². The second-order valence-corrected chi connectivity index (χ2v) is 3.40. The molecule has 0 rings (SSSR count). The Hall–Kier alpha value is -1.56. The summed E-state index contributed by atoms with van der Waals surface area (Å²) in [5, 5.41) is 17.8. The van der Waals surface area contributed by atoms with Crippen LogP contribution in [-0.4, -0.2) is 52.5 Å². The monoisotopic (exact) mass is 231 g/mol. The first-order chi connectivity index (χ1) is 7.45. The van der Waals surface area contributed by atoms with Crippen molar-refractivity contribution in [2.45, 2.75) is 25.9 Å². The molecule has 0 spiro atoms. The third-order valence-electron chi connectivity index (χ3n) is 1.89. The summed E-state index contributed by atoms with van der Waals surface area (Å²) in [6, 6.07) is -1.68. The number of hydrogen-bond acceptors (Lipinski definition) is 4. The van der Waals surface area contributed by atoms with Gasteiger partial charge in [0.15, 0.2) is 6.04 Å². The van der Waals surface area contributed by atoms with Gasteiger partial charge in [-0.1, -0.05) is 12.7 Å². The zero-order valence-electron chi connectivity index (χ0n) is 9.42. The first kappa shape index (κ1) is 14.4. The van der Waals surface area contributed by atoms with E-state index in [0.717, 1.165) is 4.90 Å². The minimum Gasteiger partial charge on any atom is -0.480 e. The van der Waals surface area contributed by atoms with Crippen LogP contribution < -0.4 is 0 Å². The van der Waals surface area contributed by atoms with Gasteiger partial charge in [-0.3, -0.25) is 4.90 Å². The molecule has 6 nitrogen and oxygen atoms in total. The summed E-state index contributed by atoms with van der Waals surface area (Å²) < 4.78 is 4.74. The van der Waals surface area contributed by atoms with Crippen molar-refractivity contribution in [3.63, 3.8) is 0 Å². The van der Waals surface area contributed by atoms with Crippen LogP contribution in [0.1, 0.15) is 13.8 Å². The third-order valence-corrected chi connectivity index (χ3v) is 1.89. The summed E-state index contributed by atoms with van der Waals surface area (Å²) in [7, 11) is 0. The maximum atomic E-state index is 11.5. The minimum atomic E-state index is -1.29. The molecule has 0 radical (unpaired) electrons. The lowest BCUT2D eigenvalue weighted by Crippen LogP contribution is -2.51. The molecule has 0 aromatic rings. The number of carboxylic acids is 1. The number of hydrogen-bond donors (Lipinski definition) is 2. The zero-order chi connectivity index (χ0) is 12.7. The third kappa shape index (κ3) is 3.90. The maximum Gasteiger partial charge on any atom is 0.411 e. The van der Waals surface area contributed by atoms with Crippen molar-refractivity contribution >= 4 is 12.1 Å². The van der Waals surface area contributed by atoms with E-state index in [2.05, 4.69) is 6.58 Å². The summed E-state index contributed by atoms with van der Waals surface area (Å²) in [5.74, 6) is -1.27. The molecule has 2 N–H and O–H groups in total. The first-order valence-electron chi connectivity index (χ1n) is 4.85. The molecule has 0 aromatic heterocycles. The molecule has 6 heteroatoms. The van der Waals surface area contributed by atoms with Crippen LogP contribution >= 0.6 is 0 Å². The van der Waals surface area contributed by atoms with Crippen molar-refractivity contribution in [1.82, 2.24) is 4.90 Å². The molecule has 0 bridgehead atoms. The van der Waals surface area contributed by atoms with Gasteiger partial charge in [-0.15, -0.1) is 0 Å². The Labute approximate surface area is 94.1 Å². The van der Waals surface area contributed by atoms with Crippen molar-refractivity contribution < 1.29 is 24.5 Å². The van der Waals surface area contributed by atoms with Gasteiger partial charge in [-0.2, -0.15) is 0 Å². The van der Waals surface area contributed by atoms with E-state index in [9.17, 15) is 9.59 Å². The summed E-state index contributed by atoms with van der Waals surface area (Å²) in [4.78, 5) is 23.3. The van der Waals surface area contributed by atoms with Gasteiger partial charge in [0, 0.05) is 6.04 Å². The lowest BCUT2D eigenvalue weighted by atomic mass is 10.2. The average molecular weight is 231 g/mol. The van der Waals surface area contributed by atoms with Gasteiger partial charge in [-0.25, -0.2) is 9.59 Å². The second kappa shape index (κ2) is 6.84. The summed E-state index contributed by atoms with van der Waals surface area (Å²) in [5.41, 5.74) is 0. The number of nitrogens with zero attached hydrogens (tertiary/aromatic N) is 1. The van der Waals surface area contributed by atoms with E-state index < -0.39 is 24.7 Å². The van der Waals surface area contributed by atoms with Crippen LogP contribution in [-0.2, 0) is 9.53 Å². The van der Waals surface area contributed by atoms with Crippen LogP contribution in [0.5, 0.6) is 0 Å². The van der Waals surface area contributed by atoms with Gasteiger partial charge in [0.2, 0.25) is 0 Å². The smallest absolute Gasteiger partial charge is 0.411 e. The van der Waals surface area contributed by atoms with Crippen LogP contribution in [0.15, 0.2) is 12.7 Å². The van der Waals surface area contributed by atoms with Gasteiger partial charge >= 0.3 is 12.1 Å². The van der Waals surface area contributed by atoms with E-state index in [1.807, 2.05) is 0 Å². The number of aliphatic hydroxyl groups excluding tert-OH is 1. The predicted octanol–water partition coefficient (Wildman–Crippen LogP) is 0.465. The number of amides is 1. The van der Waals surface area contributed by atoms with E-state index in [0.29, 0.717) is 0 Å². The zero-order valence-corrected chi connectivity index (χ0v) is 9.42. The molecule has 0 saturated carbocycles. The highest BCUT2D eigenvalue weighted by atomic mass is 16.6. The van der Waals surface area contributed by atoms with Crippen molar-refractivity contribution in [3.05, 3.63) is 12.7 Å². The van der Waals surface area contributed by atoms with Gasteiger partial charge in [0.05, 0.1) is 6.61 Å². The normalized spacial score (nSPS) is 12.0. The van der Waals surface area contributed by atoms with Crippen LogP contribution in [0, 0.1) is 0 Å². The molecule has 1 amide bonds. The number of aliphatic carboxylic acids is 1. The minimum absolute atomic E-state index is 0.000178. The molecule has 92 valence electrons. The molecule has 0 aliphatic carbocycles. The average Bonchev–Trinajstić information content (AvgIpc) is 2.21. The highest BCUT2D eigenvalue weighted by molar-refractivity contribution is 5.80. The molecule has 0 aliphatic rings. The fourth-order valence-electron chi connectivity index (χ4n) is 1.19. The van der Waals surface area contributed by atoms with Gasteiger partial charge in [-0.05, 0) is 13.8 Å². The van der Waals surface area contributed by atoms with Crippen LogP contribution in [0.4, 0.5) is 4.79 Å². The van der Waals surface area contributed by atoms with E-state index in [-0.39, 0.29) is 12.6 Å². The maximum absolute atomic E-state index is 11.5. The van der Waals surface area contributed by atoms with E-state index >= 15 is 0 Å². The van der Waals surface area contributed by atoms with Crippen molar-refractivity contribution in [2.75, 3.05) is 13.2 Å². The van der Waals surface area contributed by atoms with Crippen molar-refractivity contribution in [3.8, 4) is 0 Å². The molecular formula is C10H17NO5. The quantitative estimate of drug-likeness (QED) is 0.649. The largest absolute Gasteiger partial charge is 0.480 e. The molecule has 1 unspecified atom stereocenters. The molecule has 0 fully saturated rings. The summed E-state index contributed by atoms with van der Waals surface area (Å²) in [6.45, 7) is 6.00. The number of carboxylic acid groups (broad SMARTS) is 1. The number of rotatable bonds is 6. The predicted molar refractivity (Wildman–Crippen MR) is 57.0 cm³/mol. The Morgan fingerprint density at radius 3 is 2.38 bits per heavy atom. The number of ether oxygens (including phenoxy) is 1. The molecule has 0 saturated heterocycles. The van der Waals surface area contributed by atoms with Gasteiger partial charge < -0.3 is 14.9 Å². The Morgan fingerprint density at radius 1 is 1.50 bits per heavy atom. The number of aliphatic hydroxyl groups is 1. The molecule has 0 heterocycles. The Bertz CT molecular complexity index is 264. The fraction of sp³-hybridized carbons (Fsp3) is 0.600. The standard InChI is InChI=1S/C10H17NO5/c1-4-5-16-10(15)11(7(2)3)8(6-12)9(13)14/h4,7-8,12H,1,5-6H2,2-3H3,(H,13,14). The van der Waals surface area contributed by atoms with E-state index in [4.69, 9.17) is 14.9 Å². The highest BCUT2D eigenvalue weighted by Gasteiger charge is 2.32. The van der Waals surface area contributed by atoms with Crippen molar-refractivity contribution in [2.24, 2.45) is 0 Å². The lowest BCUT2D eigenvalue weighted by molar-refractivity contribution is -0.144. The van der Waals surface area contributed by atoms with Gasteiger partial charge in [0.1, 0.15) is 6.61 Å². The van der Waals surface area contributed by atoms with Crippen molar-refractivity contribution in [1.29, 1.82) is 0 Å². The Kier molecular flexibility index (Phi) is 6.17. The molecular weight excluding hydrogens is 214 g/mol. The van der Waals surface area contributed by atoms with Crippen LogP contribution in [0.2, 0.25) is 0 Å². The Balaban J connectivity index is 4.76. The number of carbonyl (C=O) groups is 2. The van der Waals surface area contributed by atoms with E-state index in [1.54, 1.807) is 13.8 Å². The molecule has 1 atom stereocenters. The molecule has 16 heavy (non-hydrogen) atoms. The number of carbonyl (C=O) groups excluding carboxylic acids is 1. The highest BCUT2D eigenvalue weighted by Crippen LogP contribution is 2.08. The Morgan fingerprint density at radius 2 is 2.06 bits per heavy atom. The topological polar surface area (TPSA) is 87.1 Å². The lowest BCUT2D eigenvalue weighted by Gasteiger charge is -2.30. The van der Waals surface area contributed by atoms with E-state index in [1.165, 1.54) is 6.08 Å². The summed E-state index contributed by atoms with van der Waals surface area (Å²) in [6.07, 6.45) is 0.599. The summed E-state index contributed by atoms with van der Waals surface area (Å²) >= 11 is 0. The first-order valence-corrected chi connectivity index (χ1v) is 4.85.